The van der Waals surface area contributed by atoms with Crippen molar-refractivity contribution in [2.45, 2.75) is 11.9 Å². The Kier molecular flexibility index (Phi) is 4.34. The number of hydrogen-bond donors (Lipinski definition) is 0. The van der Waals surface area contributed by atoms with Gasteiger partial charge in [0.15, 0.2) is 5.82 Å². The number of halogens is 2. The van der Waals surface area contributed by atoms with E-state index in [0.717, 1.165) is 0 Å². The lowest BCUT2D eigenvalue weighted by Gasteiger charge is -2.08. The van der Waals surface area contributed by atoms with Gasteiger partial charge >= 0.3 is 0 Å². The van der Waals surface area contributed by atoms with E-state index in [0.29, 0.717) is 27.3 Å². The summed E-state index contributed by atoms with van der Waals surface area (Å²) in [6, 6.07) is 10.1. The Morgan fingerprint density at radius 3 is 2.43 bits per heavy atom. The van der Waals surface area contributed by atoms with Crippen molar-refractivity contribution in [3.63, 3.8) is 0 Å². The summed E-state index contributed by atoms with van der Waals surface area (Å²) in [7, 11) is 0. The van der Waals surface area contributed by atoms with E-state index in [9.17, 15) is 13.6 Å². The summed E-state index contributed by atoms with van der Waals surface area (Å²) >= 11 is 1.24. The second kappa shape index (κ2) is 6.42. The summed E-state index contributed by atoms with van der Waals surface area (Å²) in [6.07, 6.45) is 0. The molecule has 2 aromatic carbocycles. The van der Waals surface area contributed by atoms with E-state index >= 15 is 0 Å². The first kappa shape index (κ1) is 15.6. The average Bonchev–Trinajstić information content (AvgIpc) is 2.53. The monoisotopic (exact) mass is 330 g/mol. The predicted octanol–water partition coefficient (Wildman–Crippen LogP) is 4.26. The van der Waals surface area contributed by atoms with Crippen LogP contribution < -0.4 is 0 Å². The molecule has 3 rings (SSSR count). The first-order valence-electron chi connectivity index (χ1n) is 6.88. The molecule has 0 saturated heterocycles. The van der Waals surface area contributed by atoms with E-state index in [1.54, 1.807) is 18.2 Å². The molecule has 0 saturated carbocycles. The van der Waals surface area contributed by atoms with Gasteiger partial charge in [-0.1, -0.05) is 11.8 Å². The lowest BCUT2D eigenvalue weighted by atomic mass is 10.2. The van der Waals surface area contributed by atoms with Gasteiger partial charge in [0.1, 0.15) is 22.4 Å². The van der Waals surface area contributed by atoms with Gasteiger partial charge < -0.3 is 0 Å². The van der Waals surface area contributed by atoms with Crippen LogP contribution in [-0.2, 0) is 4.79 Å². The summed E-state index contributed by atoms with van der Waals surface area (Å²) in [5.41, 5.74) is 1.23. The Morgan fingerprint density at radius 1 is 1.04 bits per heavy atom. The summed E-state index contributed by atoms with van der Waals surface area (Å²) in [5.74, 6) is -0.0781. The first-order valence-corrected chi connectivity index (χ1v) is 7.87. The molecule has 116 valence electrons. The van der Waals surface area contributed by atoms with Crippen molar-refractivity contribution in [1.82, 2.24) is 9.97 Å². The van der Waals surface area contributed by atoms with Crippen LogP contribution in [0.15, 0.2) is 47.5 Å². The third-order valence-corrected chi connectivity index (χ3v) is 4.27. The molecular weight excluding hydrogens is 318 g/mol. The Hall–Kier alpha value is -2.34. The molecule has 0 fully saturated rings. The van der Waals surface area contributed by atoms with Gasteiger partial charge in [0.2, 0.25) is 0 Å². The topological polar surface area (TPSA) is 42.9 Å². The molecule has 0 aliphatic heterocycles. The molecule has 3 aromatic rings. The minimum Gasteiger partial charge on any atom is -0.299 e. The highest BCUT2D eigenvalue weighted by molar-refractivity contribution is 8.00. The first-order chi connectivity index (χ1) is 11.0. The van der Waals surface area contributed by atoms with E-state index in [2.05, 4.69) is 9.97 Å². The molecule has 0 atom stereocenters. The molecule has 0 aliphatic carbocycles. The number of nitrogens with zero attached hydrogens (tertiary/aromatic N) is 2. The molecule has 1 aromatic heterocycles. The summed E-state index contributed by atoms with van der Waals surface area (Å²) in [5, 5.41) is 1.09. The number of aromatic nitrogens is 2. The molecule has 0 bridgehead atoms. The summed E-state index contributed by atoms with van der Waals surface area (Å²) in [4.78, 5) is 20.1. The van der Waals surface area contributed by atoms with Crippen LogP contribution in [0.4, 0.5) is 8.78 Å². The van der Waals surface area contributed by atoms with Gasteiger partial charge in [0.25, 0.3) is 0 Å². The quantitative estimate of drug-likeness (QED) is 0.530. The highest BCUT2D eigenvalue weighted by atomic mass is 32.2. The van der Waals surface area contributed by atoms with Gasteiger partial charge in [-0.15, -0.1) is 0 Å². The molecule has 1 heterocycles. The largest absolute Gasteiger partial charge is 0.299 e. The number of hydrogen-bond acceptors (Lipinski definition) is 4. The Balaban J connectivity index is 2.14. The molecule has 0 radical (unpaired) electrons. The fourth-order valence-electron chi connectivity index (χ4n) is 2.08. The third kappa shape index (κ3) is 3.53. The molecular formula is C17H12F2N2OS. The number of Topliss-reactive ketones (excluding diaryl/α,β-unsaturated/α-hetero) is 1. The molecule has 23 heavy (non-hydrogen) atoms. The number of carbonyl (C=O) groups is 1. The number of ketones is 1. The van der Waals surface area contributed by atoms with Crippen molar-refractivity contribution in [3.05, 3.63) is 54.1 Å². The van der Waals surface area contributed by atoms with Crippen LogP contribution in [0.2, 0.25) is 0 Å². The van der Waals surface area contributed by atoms with Crippen LogP contribution in [0.25, 0.3) is 22.3 Å². The molecule has 0 aliphatic rings. The van der Waals surface area contributed by atoms with Crippen molar-refractivity contribution >= 4 is 28.4 Å². The van der Waals surface area contributed by atoms with Crippen molar-refractivity contribution < 1.29 is 13.6 Å². The third-order valence-electron chi connectivity index (χ3n) is 3.14. The van der Waals surface area contributed by atoms with Crippen LogP contribution >= 0.6 is 11.8 Å². The van der Waals surface area contributed by atoms with Gasteiger partial charge in [0.05, 0.1) is 11.3 Å². The molecule has 0 spiro atoms. The zero-order chi connectivity index (χ0) is 16.4. The number of rotatable bonds is 4. The van der Waals surface area contributed by atoms with Gasteiger partial charge in [-0.2, -0.15) is 0 Å². The van der Waals surface area contributed by atoms with Crippen LogP contribution in [0.1, 0.15) is 6.92 Å². The van der Waals surface area contributed by atoms with Gasteiger partial charge in [-0.05, 0) is 49.4 Å². The lowest BCUT2D eigenvalue weighted by Crippen LogP contribution is -1.98. The van der Waals surface area contributed by atoms with Crippen LogP contribution in [0.3, 0.4) is 0 Å². The second-order valence-corrected chi connectivity index (χ2v) is 5.98. The van der Waals surface area contributed by atoms with Gasteiger partial charge in [-0.25, -0.2) is 18.7 Å². The van der Waals surface area contributed by atoms with Crippen molar-refractivity contribution in [3.8, 4) is 11.4 Å². The highest BCUT2D eigenvalue weighted by Gasteiger charge is 2.12. The smallest absolute Gasteiger partial charge is 0.161 e. The van der Waals surface area contributed by atoms with Crippen molar-refractivity contribution in [1.29, 1.82) is 0 Å². The molecule has 0 amide bonds. The minimum atomic E-state index is -0.389. The zero-order valence-corrected chi connectivity index (χ0v) is 13.0. The minimum absolute atomic E-state index is 0.00139. The van der Waals surface area contributed by atoms with Crippen LogP contribution in [-0.4, -0.2) is 21.5 Å². The molecule has 3 nitrogen and oxygen atoms in total. The SMILES string of the molecule is CC(=O)CSc1nc(-c2ccc(F)cc2)nc2ccc(F)cc12. The maximum absolute atomic E-state index is 13.5. The van der Waals surface area contributed by atoms with E-state index in [-0.39, 0.29) is 23.2 Å². The second-order valence-electron chi connectivity index (χ2n) is 5.01. The van der Waals surface area contributed by atoms with Crippen LogP contribution in [0, 0.1) is 11.6 Å². The summed E-state index contributed by atoms with van der Waals surface area (Å²) in [6.45, 7) is 1.48. The van der Waals surface area contributed by atoms with E-state index in [1.165, 1.54) is 43.0 Å². The fraction of sp³-hybridized carbons (Fsp3) is 0.118. The van der Waals surface area contributed by atoms with E-state index < -0.39 is 0 Å². The predicted molar refractivity (Wildman–Crippen MR) is 86.3 cm³/mol. The maximum atomic E-state index is 13.5. The van der Waals surface area contributed by atoms with E-state index in [1.807, 2.05) is 0 Å². The van der Waals surface area contributed by atoms with Crippen molar-refractivity contribution in [2.75, 3.05) is 5.75 Å². The van der Waals surface area contributed by atoms with Gasteiger partial charge in [0, 0.05) is 10.9 Å². The normalized spacial score (nSPS) is 10.9. The zero-order valence-electron chi connectivity index (χ0n) is 12.2. The Bertz CT molecular complexity index is 882. The number of thioether (sulfide) groups is 1. The fourth-order valence-corrected chi connectivity index (χ4v) is 2.89. The highest BCUT2D eigenvalue weighted by Crippen LogP contribution is 2.29. The number of carbonyl (C=O) groups excluding carboxylic acids is 1. The maximum Gasteiger partial charge on any atom is 0.161 e. The molecule has 0 unspecified atom stereocenters. The van der Waals surface area contributed by atoms with Crippen molar-refractivity contribution in [2.24, 2.45) is 0 Å². The standard InChI is InChI=1S/C17H12F2N2OS/c1-10(22)9-23-17-14-8-13(19)6-7-15(14)20-16(21-17)11-2-4-12(18)5-3-11/h2-8H,9H2,1H3. The lowest BCUT2D eigenvalue weighted by molar-refractivity contribution is -0.114. The van der Waals surface area contributed by atoms with Gasteiger partial charge in [-0.3, -0.25) is 4.79 Å². The molecule has 0 N–H and O–H groups in total. The Labute approximate surface area is 135 Å². The Morgan fingerprint density at radius 2 is 1.74 bits per heavy atom. The van der Waals surface area contributed by atoms with E-state index in [4.69, 9.17) is 0 Å². The summed E-state index contributed by atoms with van der Waals surface area (Å²) < 4.78 is 26.6. The number of benzene rings is 2. The van der Waals surface area contributed by atoms with Crippen LogP contribution in [0.5, 0.6) is 0 Å². The molecule has 6 heteroatoms. The average molecular weight is 330 g/mol. The number of fused-ring (bicyclic) bond motifs is 1.